The van der Waals surface area contributed by atoms with Crippen LogP contribution >= 0.6 is 0 Å². The maximum absolute atomic E-state index is 14.9. The molecule has 1 fully saturated rings. The molecule has 1 unspecified atom stereocenters. The number of rotatable bonds is 31. The monoisotopic (exact) mass is 1080 g/mol. The second-order valence-electron chi connectivity index (χ2n) is 19.1. The number of nitrogens with one attached hydrogen (secondary N) is 9. The van der Waals surface area contributed by atoms with Gasteiger partial charge in [0.25, 0.3) is 0 Å². The Morgan fingerprint density at radius 3 is 2.19 bits per heavy atom. The molecule has 1 aliphatic rings. The van der Waals surface area contributed by atoms with Crippen LogP contribution in [-0.4, -0.2) is 153 Å². The van der Waals surface area contributed by atoms with Crippen molar-refractivity contribution in [3.63, 3.8) is 0 Å². The van der Waals surface area contributed by atoms with Crippen LogP contribution in [0.2, 0.25) is 0 Å². The quantitative estimate of drug-likeness (QED) is 0.0108. The van der Waals surface area contributed by atoms with E-state index in [4.69, 9.17) is 22.9 Å². The number of aldehydes is 1. The van der Waals surface area contributed by atoms with Crippen molar-refractivity contribution >= 4 is 76.3 Å². The number of unbranched alkanes of at least 4 members (excludes halogenated alkanes) is 1. The standard InChI is InChI=1S/C52H72N16O10/c1-3-4-15-39(62-30(2)70)47(74)63-34(28-69)24-44(71)58-19-10-17-38(45(54)72)64-48(75)40(22-32-25-60-37-16-9-8-14-35(32)37)65-49(76)42-27-68(43(50(77)67-42)18-11-20-59-52(55)56)51(78)41(21-31-12-6-5-7-13-31)66-46(73)36(53)23-33-26-57-29-61-33/h5-9,12-14,16,25-26,28-29,34,36,38-43,60H,3-4,10-11,15,17-24,27,53H2,1-2H3,(H2,54,72)(H,57,61)(H,58,71)(H,62,70)(H,63,74)(H,64,75)(H,65,76)(H,66,73)(H,67,77)(H4,55,56,59)/t34-,36-,38?,39-,40-,41+,42+,43-/m0/s1. The van der Waals surface area contributed by atoms with Crippen LogP contribution in [0.25, 0.3) is 10.9 Å². The predicted molar refractivity (Wildman–Crippen MR) is 287 cm³/mol. The van der Waals surface area contributed by atoms with Crippen LogP contribution in [0.4, 0.5) is 0 Å². The summed E-state index contributed by atoms with van der Waals surface area (Å²) >= 11 is 0. The highest BCUT2D eigenvalue weighted by Crippen LogP contribution is 2.21. The van der Waals surface area contributed by atoms with Crippen LogP contribution < -0.4 is 60.2 Å². The second kappa shape index (κ2) is 30.2. The lowest BCUT2D eigenvalue weighted by Crippen LogP contribution is -2.68. The first kappa shape index (κ1) is 60.2. The van der Waals surface area contributed by atoms with E-state index >= 15 is 0 Å². The van der Waals surface area contributed by atoms with Crippen LogP contribution in [-0.2, 0) is 67.2 Å². The highest BCUT2D eigenvalue weighted by molar-refractivity contribution is 5.99. The van der Waals surface area contributed by atoms with E-state index in [0.717, 1.165) is 17.3 Å². The van der Waals surface area contributed by atoms with E-state index in [0.29, 0.717) is 35.9 Å². The van der Waals surface area contributed by atoms with Crippen molar-refractivity contribution in [1.82, 2.24) is 57.1 Å². The second-order valence-corrected chi connectivity index (χ2v) is 19.1. The molecule has 26 heteroatoms. The SMILES string of the molecule is CCCC[C@H](NC(C)=O)C(=O)N[C@H](C=O)CC(=O)NCCCC(NC(=O)[C@H](Cc1c[nH]c2ccccc12)NC(=O)[C@H]1CN(C(=O)[C@@H](Cc2ccccc2)NC(=O)[C@@H](N)Cc2cnc[nH]2)[C@@H](CCCN=C(N)N)C(=O)N1)C(N)=O. The third-order valence-corrected chi connectivity index (χ3v) is 13.0. The number of carbonyl (C=O) groups is 10. The first-order valence-electron chi connectivity index (χ1n) is 25.8. The molecule has 0 aliphatic carbocycles. The van der Waals surface area contributed by atoms with Crippen molar-refractivity contribution in [1.29, 1.82) is 0 Å². The first-order chi connectivity index (χ1) is 37.4. The Balaban J connectivity index is 1.32. The number of fused-ring (bicyclic) bond motifs is 1. The molecule has 3 heterocycles. The molecule has 4 aromatic rings. The maximum atomic E-state index is 14.9. The van der Waals surface area contributed by atoms with Gasteiger partial charge in [0.2, 0.25) is 53.2 Å². The lowest BCUT2D eigenvalue weighted by molar-refractivity contribution is -0.149. The highest BCUT2D eigenvalue weighted by Gasteiger charge is 2.43. The molecule has 0 saturated carbocycles. The molecule has 8 atom stereocenters. The maximum Gasteiger partial charge on any atom is 0.246 e. The number of primary amides is 1. The number of amides is 9. The molecular formula is C52H72N16O10. The zero-order valence-electron chi connectivity index (χ0n) is 43.8. The van der Waals surface area contributed by atoms with Crippen molar-refractivity contribution in [2.75, 3.05) is 19.6 Å². The van der Waals surface area contributed by atoms with E-state index in [1.165, 1.54) is 24.3 Å². The molecule has 78 heavy (non-hydrogen) atoms. The number of nitrogens with two attached hydrogens (primary N) is 4. The summed E-state index contributed by atoms with van der Waals surface area (Å²) in [6.07, 6.45) is 6.60. The third kappa shape index (κ3) is 18.6. The number of para-hydroxylation sites is 1. The molecule has 1 saturated heterocycles. The van der Waals surface area contributed by atoms with Gasteiger partial charge in [0.15, 0.2) is 5.96 Å². The number of aromatic amines is 2. The summed E-state index contributed by atoms with van der Waals surface area (Å²) in [5.74, 6) is -6.49. The molecule has 2 aromatic carbocycles. The first-order valence-corrected chi connectivity index (χ1v) is 25.8. The van der Waals surface area contributed by atoms with Crippen LogP contribution in [0.5, 0.6) is 0 Å². The van der Waals surface area contributed by atoms with Crippen molar-refractivity contribution in [2.45, 2.75) is 133 Å². The number of carbonyl (C=O) groups excluding carboxylic acids is 10. The fourth-order valence-corrected chi connectivity index (χ4v) is 8.91. The van der Waals surface area contributed by atoms with E-state index in [1.54, 1.807) is 42.6 Å². The number of piperazine rings is 1. The third-order valence-electron chi connectivity index (χ3n) is 13.0. The number of nitrogens with zero attached hydrogens (tertiary/aromatic N) is 3. The molecule has 420 valence electrons. The molecule has 26 nitrogen and oxygen atoms in total. The van der Waals surface area contributed by atoms with Gasteiger partial charge in [-0.1, -0.05) is 68.3 Å². The van der Waals surface area contributed by atoms with E-state index < -0.39 is 114 Å². The Kier molecular flexibility index (Phi) is 23.3. The van der Waals surface area contributed by atoms with Crippen molar-refractivity contribution in [2.24, 2.45) is 27.9 Å². The normalized spacial score (nSPS) is 16.4. The predicted octanol–water partition coefficient (Wildman–Crippen LogP) is -2.40. The van der Waals surface area contributed by atoms with Crippen LogP contribution in [0.15, 0.2) is 78.3 Å². The minimum absolute atomic E-state index is 0.0137. The summed E-state index contributed by atoms with van der Waals surface area (Å²) < 4.78 is 0. The van der Waals surface area contributed by atoms with Crippen LogP contribution in [0.3, 0.4) is 0 Å². The summed E-state index contributed by atoms with van der Waals surface area (Å²) in [5, 5.41) is 19.2. The minimum atomic E-state index is -1.44. The van der Waals surface area contributed by atoms with Crippen molar-refractivity contribution in [3.05, 3.63) is 90.1 Å². The van der Waals surface area contributed by atoms with Crippen LogP contribution in [0.1, 0.15) is 82.0 Å². The molecule has 9 amide bonds. The average molecular weight is 1080 g/mol. The minimum Gasteiger partial charge on any atom is -0.370 e. The molecule has 5 rings (SSSR count). The summed E-state index contributed by atoms with van der Waals surface area (Å²) in [6, 6.07) is 6.32. The Morgan fingerprint density at radius 2 is 1.51 bits per heavy atom. The van der Waals surface area contributed by atoms with E-state index in [2.05, 4.69) is 57.2 Å². The number of H-pyrrole nitrogens is 2. The lowest BCUT2D eigenvalue weighted by Gasteiger charge is -2.41. The zero-order valence-corrected chi connectivity index (χ0v) is 43.8. The summed E-state index contributed by atoms with van der Waals surface area (Å²) in [4.78, 5) is 149. The van der Waals surface area contributed by atoms with Gasteiger partial charge >= 0.3 is 0 Å². The Morgan fingerprint density at radius 1 is 0.808 bits per heavy atom. The number of hydrogen-bond acceptors (Lipinski definition) is 13. The lowest BCUT2D eigenvalue weighted by atomic mass is 9.98. The van der Waals surface area contributed by atoms with Gasteiger partial charge in [-0.3, -0.25) is 48.1 Å². The Hall–Kier alpha value is -8.68. The number of aromatic nitrogens is 3. The molecule has 1 aliphatic heterocycles. The molecular weight excluding hydrogens is 1010 g/mol. The van der Waals surface area contributed by atoms with Crippen molar-refractivity contribution in [3.8, 4) is 0 Å². The van der Waals surface area contributed by atoms with Gasteiger partial charge in [-0.05, 0) is 49.3 Å². The Bertz CT molecular complexity index is 2730. The number of aliphatic imine (C=N–C) groups is 1. The molecule has 0 radical (unpaired) electrons. The van der Waals surface area contributed by atoms with Gasteiger partial charge in [0.1, 0.15) is 42.5 Å². The largest absolute Gasteiger partial charge is 0.370 e. The number of imidazole rings is 1. The van der Waals surface area contributed by atoms with Crippen LogP contribution in [0, 0.1) is 0 Å². The average Bonchev–Trinajstić information content (AvgIpc) is 4.09. The topological polar surface area (TPSA) is 419 Å². The summed E-state index contributed by atoms with van der Waals surface area (Å²) in [7, 11) is 0. The molecule has 17 N–H and O–H groups in total. The number of hydrogen-bond donors (Lipinski definition) is 13. The fraction of sp³-hybridized carbons (Fsp3) is 0.462. The fourth-order valence-electron chi connectivity index (χ4n) is 8.91. The summed E-state index contributed by atoms with van der Waals surface area (Å²) in [6.45, 7) is 2.86. The van der Waals surface area contributed by atoms with E-state index in [-0.39, 0.29) is 64.0 Å². The molecule has 0 spiro atoms. The van der Waals surface area contributed by atoms with Gasteiger partial charge in [-0.2, -0.15) is 0 Å². The number of benzene rings is 2. The molecule has 2 aromatic heterocycles. The van der Waals surface area contributed by atoms with Crippen molar-refractivity contribution < 1.29 is 47.9 Å². The van der Waals surface area contributed by atoms with Gasteiger partial charge < -0.3 is 79.8 Å². The van der Waals surface area contributed by atoms with Gasteiger partial charge in [-0.15, -0.1) is 0 Å². The molecule has 0 bridgehead atoms. The van der Waals surface area contributed by atoms with E-state index in [1.807, 2.05) is 25.1 Å². The van der Waals surface area contributed by atoms with Gasteiger partial charge in [-0.25, -0.2) is 4.98 Å². The summed E-state index contributed by atoms with van der Waals surface area (Å²) in [5.41, 5.74) is 25.8. The Labute approximate surface area is 450 Å². The highest BCUT2D eigenvalue weighted by atomic mass is 16.2. The smallest absolute Gasteiger partial charge is 0.246 e. The van der Waals surface area contributed by atoms with E-state index in [9.17, 15) is 47.9 Å². The zero-order chi connectivity index (χ0) is 56.7. The number of guanidine groups is 1. The van der Waals surface area contributed by atoms with Gasteiger partial charge in [0.05, 0.1) is 31.4 Å². The van der Waals surface area contributed by atoms with Gasteiger partial charge in [0, 0.05) is 68.3 Å².